The van der Waals surface area contributed by atoms with Crippen LogP contribution in [0.3, 0.4) is 0 Å². The second-order valence-electron chi connectivity index (χ2n) is 7.48. The number of nitrogens with one attached hydrogen (secondary N) is 1. The molecule has 2 aromatic heterocycles. The number of hydrogen-bond acceptors (Lipinski definition) is 7. The van der Waals surface area contributed by atoms with Crippen LogP contribution in [0.4, 0.5) is 30.6 Å². The first kappa shape index (κ1) is 21.8. The average molecular weight is 445 g/mol. The van der Waals surface area contributed by atoms with Gasteiger partial charge < -0.3 is 19.7 Å². The Labute approximate surface area is 183 Å². The summed E-state index contributed by atoms with van der Waals surface area (Å²) < 4.78 is 49.5. The fourth-order valence-corrected chi connectivity index (χ4v) is 3.65. The highest BCUT2D eigenvalue weighted by Gasteiger charge is 2.24. The number of morpholine rings is 1. The molecule has 0 spiro atoms. The van der Waals surface area contributed by atoms with Gasteiger partial charge in [0, 0.05) is 18.7 Å². The van der Waals surface area contributed by atoms with E-state index in [2.05, 4.69) is 25.2 Å². The number of anilines is 3. The molecular weight excluding hydrogens is 423 g/mol. The lowest BCUT2D eigenvalue weighted by atomic mass is 10.1. The van der Waals surface area contributed by atoms with Gasteiger partial charge >= 0.3 is 6.61 Å². The summed E-state index contributed by atoms with van der Waals surface area (Å²) in [5.41, 5.74) is 1.26. The highest BCUT2D eigenvalue weighted by Crippen LogP contribution is 2.31. The molecular formula is C22H22F3N5O2. The van der Waals surface area contributed by atoms with Crippen LogP contribution in [0.5, 0.6) is 5.75 Å². The van der Waals surface area contributed by atoms with Crippen molar-refractivity contribution in [2.24, 2.45) is 0 Å². The molecule has 3 aromatic rings. The largest absolute Gasteiger partial charge is 0.435 e. The first-order chi connectivity index (χ1) is 15.4. The Morgan fingerprint density at radius 1 is 1.03 bits per heavy atom. The maximum Gasteiger partial charge on any atom is 0.387 e. The van der Waals surface area contributed by atoms with Gasteiger partial charge in [-0.25, -0.2) is 9.37 Å². The van der Waals surface area contributed by atoms with Crippen LogP contribution < -0.4 is 15.0 Å². The number of nitrogens with zero attached hydrogens (tertiary/aromatic N) is 4. The summed E-state index contributed by atoms with van der Waals surface area (Å²) in [6, 6.07) is 10.7. The van der Waals surface area contributed by atoms with Gasteiger partial charge in [-0.2, -0.15) is 13.9 Å². The molecule has 1 aromatic carbocycles. The third kappa shape index (κ3) is 5.08. The van der Waals surface area contributed by atoms with Gasteiger partial charge in [0.25, 0.3) is 0 Å². The predicted octanol–water partition coefficient (Wildman–Crippen LogP) is 4.64. The molecule has 7 nitrogen and oxygen atoms in total. The third-order valence-electron chi connectivity index (χ3n) is 4.92. The van der Waals surface area contributed by atoms with Crippen LogP contribution in [0.1, 0.15) is 13.8 Å². The number of benzene rings is 1. The molecule has 1 fully saturated rings. The normalized spacial score (nSPS) is 18.6. The Hall–Kier alpha value is -3.40. The van der Waals surface area contributed by atoms with Crippen molar-refractivity contribution in [2.45, 2.75) is 32.7 Å². The zero-order valence-corrected chi connectivity index (χ0v) is 17.5. The zero-order chi connectivity index (χ0) is 22.7. The minimum atomic E-state index is -2.90. The van der Waals surface area contributed by atoms with E-state index in [1.165, 1.54) is 24.4 Å². The van der Waals surface area contributed by atoms with Gasteiger partial charge in [-0.05, 0) is 49.7 Å². The lowest BCUT2D eigenvalue weighted by molar-refractivity contribution is -0.0498. The van der Waals surface area contributed by atoms with Crippen LogP contribution >= 0.6 is 0 Å². The zero-order valence-electron chi connectivity index (χ0n) is 17.5. The Morgan fingerprint density at radius 3 is 2.44 bits per heavy atom. The van der Waals surface area contributed by atoms with Gasteiger partial charge in [0.1, 0.15) is 11.6 Å². The smallest absolute Gasteiger partial charge is 0.387 e. The highest BCUT2D eigenvalue weighted by molar-refractivity contribution is 5.77. The number of pyridine rings is 1. The molecule has 4 rings (SSSR count). The van der Waals surface area contributed by atoms with Gasteiger partial charge in [-0.3, -0.25) is 0 Å². The lowest BCUT2D eigenvalue weighted by Gasteiger charge is -2.36. The van der Waals surface area contributed by atoms with E-state index in [9.17, 15) is 13.2 Å². The van der Waals surface area contributed by atoms with E-state index in [0.717, 1.165) is 0 Å². The molecule has 0 amide bonds. The van der Waals surface area contributed by atoms with Gasteiger partial charge in [0.15, 0.2) is 17.5 Å². The number of alkyl halides is 2. The number of ether oxygens (including phenoxy) is 2. The lowest BCUT2D eigenvalue weighted by Crippen LogP contribution is -2.45. The molecule has 0 unspecified atom stereocenters. The van der Waals surface area contributed by atoms with Crippen LogP contribution in [0.25, 0.3) is 11.1 Å². The fraction of sp³-hybridized carbons (Fsp3) is 0.318. The van der Waals surface area contributed by atoms with Crippen molar-refractivity contribution >= 4 is 17.5 Å². The van der Waals surface area contributed by atoms with Crippen LogP contribution in [0, 0.1) is 5.82 Å². The minimum Gasteiger partial charge on any atom is -0.435 e. The fourth-order valence-electron chi connectivity index (χ4n) is 3.65. The van der Waals surface area contributed by atoms with Crippen molar-refractivity contribution in [3.8, 4) is 16.9 Å². The molecule has 1 N–H and O–H groups in total. The number of rotatable bonds is 6. The molecule has 1 saturated heterocycles. The van der Waals surface area contributed by atoms with Crippen molar-refractivity contribution in [3.05, 3.63) is 54.5 Å². The maximum atomic E-state index is 14.6. The Kier molecular flexibility index (Phi) is 6.40. The molecule has 0 aliphatic carbocycles. The predicted molar refractivity (Wildman–Crippen MR) is 114 cm³/mol. The second-order valence-corrected chi connectivity index (χ2v) is 7.48. The van der Waals surface area contributed by atoms with Crippen molar-refractivity contribution < 1.29 is 22.6 Å². The molecule has 0 bridgehead atoms. The number of hydrogen-bond donors (Lipinski definition) is 1. The maximum absolute atomic E-state index is 14.6. The van der Waals surface area contributed by atoms with E-state index in [4.69, 9.17) is 4.74 Å². The third-order valence-corrected chi connectivity index (χ3v) is 4.92. The van der Waals surface area contributed by atoms with E-state index in [1.807, 2.05) is 18.7 Å². The molecule has 2 atom stereocenters. The summed E-state index contributed by atoms with van der Waals surface area (Å²) in [4.78, 5) is 6.50. The molecule has 32 heavy (non-hydrogen) atoms. The monoisotopic (exact) mass is 445 g/mol. The van der Waals surface area contributed by atoms with Gasteiger partial charge in [0.05, 0.1) is 18.4 Å². The molecule has 1 aliphatic rings. The van der Waals surface area contributed by atoms with Crippen molar-refractivity contribution in [3.63, 3.8) is 0 Å². The van der Waals surface area contributed by atoms with Crippen molar-refractivity contribution in [2.75, 3.05) is 23.3 Å². The van der Waals surface area contributed by atoms with E-state index >= 15 is 0 Å². The SMILES string of the molecule is C[C@@H]1CN(c2ccc(F)c(Nc3nnccc3-c3ccc(OC(F)F)cc3)n2)C[C@H](C)O1. The summed E-state index contributed by atoms with van der Waals surface area (Å²) in [6.45, 7) is 2.35. The van der Waals surface area contributed by atoms with Crippen LogP contribution in [0.2, 0.25) is 0 Å². The van der Waals surface area contributed by atoms with Gasteiger partial charge in [-0.1, -0.05) is 12.1 Å². The molecule has 168 valence electrons. The standard InChI is InChI=1S/C22H22F3N5O2/c1-13-11-30(12-14(2)31-13)19-8-7-18(23)21(27-19)28-20-17(9-10-26-29-20)15-3-5-16(6-4-15)32-22(24)25/h3-10,13-14,22H,11-12H2,1-2H3,(H,27,28,29)/t13-,14+. The first-order valence-electron chi connectivity index (χ1n) is 10.1. The topological polar surface area (TPSA) is 72.4 Å². The average Bonchev–Trinajstić information content (AvgIpc) is 2.75. The van der Waals surface area contributed by atoms with Crippen LogP contribution in [-0.4, -0.2) is 47.1 Å². The molecule has 0 radical (unpaired) electrons. The Bertz CT molecular complexity index is 1060. The first-order valence-corrected chi connectivity index (χ1v) is 10.1. The van der Waals surface area contributed by atoms with Gasteiger partial charge in [-0.15, -0.1) is 5.10 Å². The van der Waals surface area contributed by atoms with Crippen molar-refractivity contribution in [1.29, 1.82) is 0 Å². The number of aromatic nitrogens is 3. The van der Waals surface area contributed by atoms with Gasteiger partial charge in [0.2, 0.25) is 0 Å². The van der Waals surface area contributed by atoms with Crippen molar-refractivity contribution in [1.82, 2.24) is 15.2 Å². The Morgan fingerprint density at radius 2 is 1.75 bits per heavy atom. The summed E-state index contributed by atoms with van der Waals surface area (Å²) in [6.07, 6.45) is 1.55. The summed E-state index contributed by atoms with van der Waals surface area (Å²) in [7, 11) is 0. The molecule has 3 heterocycles. The summed E-state index contributed by atoms with van der Waals surface area (Å²) in [5.74, 6) is 0.404. The van der Waals surface area contributed by atoms with Crippen LogP contribution in [0.15, 0.2) is 48.7 Å². The second kappa shape index (κ2) is 9.39. The molecule has 0 saturated carbocycles. The molecule has 10 heteroatoms. The van der Waals surface area contributed by atoms with E-state index in [1.54, 1.807) is 24.3 Å². The Balaban J connectivity index is 1.60. The van der Waals surface area contributed by atoms with E-state index in [-0.39, 0.29) is 29.6 Å². The summed E-state index contributed by atoms with van der Waals surface area (Å²) in [5, 5.41) is 10.9. The number of halogens is 3. The van der Waals surface area contributed by atoms with E-state index in [0.29, 0.717) is 30.0 Å². The van der Waals surface area contributed by atoms with E-state index < -0.39 is 12.4 Å². The highest BCUT2D eigenvalue weighted by atomic mass is 19.3. The summed E-state index contributed by atoms with van der Waals surface area (Å²) >= 11 is 0. The molecule has 1 aliphatic heterocycles. The quantitative estimate of drug-likeness (QED) is 0.593. The minimum absolute atomic E-state index is 0.00806. The van der Waals surface area contributed by atoms with Crippen LogP contribution in [-0.2, 0) is 4.74 Å².